The summed E-state index contributed by atoms with van der Waals surface area (Å²) < 4.78 is 42.8. The Morgan fingerprint density at radius 3 is 1.94 bits per heavy atom. The highest BCUT2D eigenvalue weighted by atomic mass is 35.5. The Balaban J connectivity index is 1.10. The molecule has 12 rings (SSSR count). The fourth-order valence-corrected chi connectivity index (χ4v) is 13.5. The maximum Gasteiger partial charge on any atom is 0.330 e. The molecule has 5 aromatic carbocycles. The first-order chi connectivity index (χ1) is 51.1. The predicted molar refractivity (Wildman–Crippen MR) is 373 cm³/mol. The summed E-state index contributed by atoms with van der Waals surface area (Å²) in [6.07, 6.45) is -16.2. The third-order valence-electron chi connectivity index (χ3n) is 18.6. The number of aliphatic hydroxyl groups excluding tert-OH is 6. The second-order valence-corrected chi connectivity index (χ2v) is 27.9. The number of aliphatic carboxylic acids is 1. The molecule has 7 aliphatic rings. The van der Waals surface area contributed by atoms with Gasteiger partial charge in [0, 0.05) is 41.3 Å². The number of rotatable bonds is 18. The van der Waals surface area contributed by atoms with E-state index < -0.39 is 250 Å². The summed E-state index contributed by atoms with van der Waals surface area (Å²) in [5.74, 6) is -16.5. The molecule has 36 nitrogen and oxygen atoms in total. The van der Waals surface area contributed by atoms with Crippen molar-refractivity contribution >= 4 is 76.4 Å². The SMILES string of the molecule is CN[C@H](CC(C)C)C(=O)N[C@H]1C(=O)N[C@@H](CC(N)=O)C(=O)N[C@H]2C(=O)N[C@H]3C(=O)N[C@H](C(=O)N[C@H](C(=O)O)c4cc(O)cc(O)c4-c4cc3ccc4O)[C@H](O)c3ccc(c(Cl)c3)Oc3cc2cc(c3OCC(=O)NCCO[C@@H]2O[C@H](CO)[C@@H](O)[C@H](O)[C@H]2O[C@H]2C[C@](C)(N)[C@H](O)[C@H](C)O2)Oc2ccc(cc2Cl)[C@H]1O. The van der Waals surface area contributed by atoms with Gasteiger partial charge >= 0.3 is 5.97 Å². The third kappa shape index (κ3) is 18.0. The number of amides is 8. The van der Waals surface area contributed by atoms with Crippen molar-refractivity contribution < 1.29 is 127 Å². The number of phenols is 3. The van der Waals surface area contributed by atoms with Gasteiger partial charge in [-0.05, 0) is 110 Å². The summed E-state index contributed by atoms with van der Waals surface area (Å²) >= 11 is 14.0. The maximum atomic E-state index is 15.9. The van der Waals surface area contributed by atoms with E-state index in [4.69, 9.17) is 67.8 Å². The van der Waals surface area contributed by atoms with Gasteiger partial charge in [0.2, 0.25) is 47.1 Å². The summed E-state index contributed by atoms with van der Waals surface area (Å²) in [4.78, 5) is 131. The van der Waals surface area contributed by atoms with E-state index in [0.29, 0.717) is 0 Å². The average Bonchev–Trinajstić information content (AvgIpc) is 0.748. The molecular formula is C70H82Cl2N10O26. The summed E-state index contributed by atoms with van der Waals surface area (Å²) in [6.45, 7) is 4.18. The van der Waals surface area contributed by atoms with Gasteiger partial charge < -0.3 is 138 Å². The molecule has 38 heteroatoms. The van der Waals surface area contributed by atoms with Crippen molar-refractivity contribution in [1.29, 1.82) is 0 Å². The minimum absolute atomic E-state index is 0.0898. The van der Waals surface area contributed by atoms with Crippen molar-refractivity contribution in [2.45, 2.75) is 156 Å². The Bertz CT molecular complexity index is 4290. The van der Waals surface area contributed by atoms with E-state index in [1.165, 1.54) is 19.2 Å². The van der Waals surface area contributed by atoms with Crippen molar-refractivity contribution in [2.75, 3.05) is 33.4 Å². The van der Waals surface area contributed by atoms with Crippen molar-refractivity contribution in [3.05, 3.63) is 117 Å². The number of likely N-dealkylation sites (N-methyl/N-ethyl adjacent to an activating group) is 1. The lowest BCUT2D eigenvalue weighted by Crippen LogP contribution is -2.64. The first kappa shape index (κ1) is 80.8. The molecule has 5 aromatic rings. The molecule has 18 atom stereocenters. The van der Waals surface area contributed by atoms with Gasteiger partial charge in [0.1, 0.15) is 95.6 Å². The van der Waals surface area contributed by atoms with Crippen LogP contribution < -0.4 is 68.2 Å². The van der Waals surface area contributed by atoms with Crippen LogP contribution in [0.15, 0.2) is 78.9 Å². The fourth-order valence-electron chi connectivity index (χ4n) is 13.0. The van der Waals surface area contributed by atoms with Crippen LogP contribution in [0.25, 0.3) is 11.1 Å². The van der Waals surface area contributed by atoms with Crippen LogP contribution >= 0.6 is 23.2 Å². The number of halogens is 2. The number of aliphatic hydroxyl groups is 6. The monoisotopic (exact) mass is 1550 g/mol. The molecule has 8 amide bonds. The van der Waals surface area contributed by atoms with Gasteiger partial charge in [-0.25, -0.2) is 4.79 Å². The second kappa shape index (κ2) is 33.8. The van der Waals surface area contributed by atoms with Gasteiger partial charge in [0.25, 0.3) is 5.91 Å². The molecule has 108 heavy (non-hydrogen) atoms. The van der Waals surface area contributed by atoms with Crippen LogP contribution in [0.2, 0.25) is 10.0 Å². The summed E-state index contributed by atoms with van der Waals surface area (Å²) in [5.41, 5.74) is 8.07. The summed E-state index contributed by atoms with van der Waals surface area (Å²) in [6, 6.07) is -0.467. The number of aromatic hydroxyl groups is 3. The Hall–Kier alpha value is -9.77. The molecule has 0 unspecified atom stereocenters. The van der Waals surface area contributed by atoms with Crippen molar-refractivity contribution in [3.8, 4) is 57.1 Å². The number of carboxylic acids is 1. The quantitative estimate of drug-likeness (QED) is 0.0479. The molecule has 11 bridgehead atoms. The Labute approximate surface area is 624 Å². The highest BCUT2D eigenvalue weighted by Crippen LogP contribution is 2.49. The number of benzene rings is 5. The predicted octanol–water partition coefficient (Wildman–Crippen LogP) is -0.761. The maximum absolute atomic E-state index is 15.9. The molecule has 2 fully saturated rings. The normalized spacial score (nSPS) is 28.2. The molecular weight excluding hydrogens is 1470 g/mol. The topological polar surface area (TPSA) is 569 Å². The first-order valence-corrected chi connectivity index (χ1v) is 34.6. The number of ether oxygens (including phenoxy) is 7. The lowest BCUT2D eigenvalue weighted by molar-refractivity contribution is -0.347. The van der Waals surface area contributed by atoms with Crippen LogP contribution in [-0.2, 0) is 62.1 Å². The number of hydrogen-bond donors (Lipinski definition) is 20. The second-order valence-electron chi connectivity index (χ2n) is 27.1. The summed E-state index contributed by atoms with van der Waals surface area (Å²) in [7, 11) is 1.47. The minimum atomic E-state index is -2.31. The smallest absolute Gasteiger partial charge is 0.330 e. The van der Waals surface area contributed by atoms with E-state index >= 15 is 14.4 Å². The molecule has 0 radical (unpaired) electrons. The molecule has 0 aliphatic carbocycles. The molecule has 582 valence electrons. The van der Waals surface area contributed by atoms with Crippen molar-refractivity contribution in [3.63, 3.8) is 0 Å². The zero-order valence-electron chi connectivity index (χ0n) is 58.3. The van der Waals surface area contributed by atoms with Crippen LogP contribution in [0.4, 0.5) is 0 Å². The van der Waals surface area contributed by atoms with E-state index in [2.05, 4.69) is 42.5 Å². The van der Waals surface area contributed by atoms with Gasteiger partial charge in [-0.2, -0.15) is 0 Å². The number of fused-ring (bicyclic) bond motifs is 15. The molecule has 2 saturated heterocycles. The Kier molecular flexibility index (Phi) is 25.3. The zero-order valence-corrected chi connectivity index (χ0v) is 59.8. The summed E-state index contributed by atoms with van der Waals surface area (Å²) in [5, 5.41) is 131. The minimum Gasteiger partial charge on any atom is -0.508 e. The van der Waals surface area contributed by atoms with E-state index in [1.807, 2.05) is 13.8 Å². The number of carboxylic acid groups (broad SMARTS) is 1. The van der Waals surface area contributed by atoms with Gasteiger partial charge in [-0.3, -0.25) is 38.4 Å². The van der Waals surface area contributed by atoms with Gasteiger partial charge in [-0.15, -0.1) is 0 Å². The lowest BCUT2D eigenvalue weighted by Gasteiger charge is -2.47. The van der Waals surface area contributed by atoms with Gasteiger partial charge in [0.05, 0.1) is 47.9 Å². The standard InChI is InChI=1S/C70H82Cl2N10O26/c1-26(2)14-37(75-5)62(94)81-53-55(89)29-7-10-41(35(71)16-29)105-43-18-31-19-44(59(43)103-25-47(88)76-12-13-102-69-60(58(92)57(91)45(24-83)107-69)108-48-23-70(4,74)61(93)27(3)104-48)106-42-11-8-30(17-36(42)72)56(90)54-67(99)80-52(68(100)101)34-20-32(84)21-40(86)49(34)33-15-28(6-9-39(33)85)50(64(96)82-54)79-65(97)51(31)78-63(95)38(22-46(73)87)77-66(53)98/h6-11,15-21,26-27,37-38,45,48,50-58,60-61,69,75,83-86,89-93H,12-14,22-25,74H2,1-5H3,(H2,73,87)(H,76,88)(H,77,98)(H,78,95)(H,79,97)(H,80,99)(H,81,94)(H,82,96)(H,100,101)/t27-,37+,38-,45+,48-,50+,51+,52-,53+,54-,55+,56+,57+,58-,60+,61+,69+,70-/m0/s1. The number of primary amides is 1. The number of carbonyl (C=O) groups is 9. The van der Waals surface area contributed by atoms with Crippen LogP contribution in [0.5, 0.6) is 46.0 Å². The molecule has 0 saturated carbocycles. The number of hydrogen-bond acceptors (Lipinski definition) is 27. The van der Waals surface area contributed by atoms with Crippen molar-refractivity contribution in [2.24, 2.45) is 17.4 Å². The van der Waals surface area contributed by atoms with E-state index in [-0.39, 0.29) is 58.5 Å². The molecule has 0 aromatic heterocycles. The third-order valence-corrected chi connectivity index (χ3v) is 19.2. The number of nitrogens with two attached hydrogens (primary N) is 2. The lowest BCUT2D eigenvalue weighted by atomic mass is 9.86. The number of carbonyl (C=O) groups excluding carboxylic acids is 8. The average molecular weight is 1550 g/mol. The first-order valence-electron chi connectivity index (χ1n) is 33.9. The van der Waals surface area contributed by atoms with Crippen LogP contribution in [0.3, 0.4) is 0 Å². The van der Waals surface area contributed by atoms with E-state index in [0.717, 1.165) is 66.7 Å². The van der Waals surface area contributed by atoms with Gasteiger partial charge in [0.15, 0.2) is 36.7 Å². The Morgan fingerprint density at radius 1 is 0.722 bits per heavy atom. The zero-order chi connectivity index (χ0) is 78.7. The van der Waals surface area contributed by atoms with Crippen LogP contribution in [0.1, 0.15) is 105 Å². The fraction of sp³-hybridized carbons (Fsp3) is 0.443. The molecule has 7 aliphatic heterocycles. The number of phenolic OH excluding ortho intramolecular Hbond substituents is 3. The highest BCUT2D eigenvalue weighted by Gasteiger charge is 2.50. The van der Waals surface area contributed by atoms with Crippen LogP contribution in [0, 0.1) is 5.92 Å². The van der Waals surface area contributed by atoms with Gasteiger partial charge in [-0.1, -0.05) is 55.2 Å². The van der Waals surface area contributed by atoms with E-state index in [1.54, 1.807) is 13.8 Å². The molecule has 22 N–H and O–H groups in total. The highest BCUT2D eigenvalue weighted by molar-refractivity contribution is 6.32. The Morgan fingerprint density at radius 2 is 1.34 bits per heavy atom. The van der Waals surface area contributed by atoms with E-state index in [9.17, 15) is 79.8 Å². The van der Waals surface area contributed by atoms with Crippen LogP contribution in [-0.4, -0.2) is 217 Å². The molecule has 0 spiro atoms. The molecule has 7 heterocycles. The number of nitrogens with one attached hydrogen (secondary N) is 8. The largest absolute Gasteiger partial charge is 0.508 e. The van der Waals surface area contributed by atoms with Crippen molar-refractivity contribution in [1.82, 2.24) is 42.5 Å².